The van der Waals surface area contributed by atoms with Crippen LogP contribution in [0.15, 0.2) is 23.6 Å². The van der Waals surface area contributed by atoms with E-state index < -0.39 is 0 Å². The molecule has 1 unspecified atom stereocenters. The zero-order valence-corrected chi connectivity index (χ0v) is 15.5. The van der Waals surface area contributed by atoms with E-state index in [9.17, 15) is 4.79 Å². The van der Waals surface area contributed by atoms with Crippen molar-refractivity contribution in [3.8, 4) is 0 Å². The fourth-order valence-corrected chi connectivity index (χ4v) is 3.71. The molecule has 26 heavy (non-hydrogen) atoms. The van der Waals surface area contributed by atoms with Crippen LogP contribution in [-0.2, 0) is 0 Å². The molecule has 2 aliphatic rings. The van der Waals surface area contributed by atoms with Gasteiger partial charge in [-0.05, 0) is 32.4 Å². The second kappa shape index (κ2) is 9.47. The van der Waals surface area contributed by atoms with Crippen LogP contribution < -0.4 is 10.6 Å². The van der Waals surface area contributed by atoms with Gasteiger partial charge in [0.25, 0.3) is 5.91 Å². The van der Waals surface area contributed by atoms with Crippen molar-refractivity contribution in [1.82, 2.24) is 30.4 Å². The predicted octanol–water partition coefficient (Wildman–Crippen LogP) is 0.342. The molecule has 1 amide bonds. The number of hydrogen-bond acceptors (Lipinski definition) is 5. The van der Waals surface area contributed by atoms with Gasteiger partial charge >= 0.3 is 0 Å². The van der Waals surface area contributed by atoms with Gasteiger partial charge in [0, 0.05) is 51.7 Å². The summed E-state index contributed by atoms with van der Waals surface area (Å²) in [5.41, 5.74) is 0.334. The van der Waals surface area contributed by atoms with E-state index in [2.05, 4.69) is 35.4 Å². The van der Waals surface area contributed by atoms with E-state index in [4.69, 9.17) is 0 Å². The Bertz CT molecular complexity index is 601. The maximum absolute atomic E-state index is 11.9. The lowest BCUT2D eigenvalue weighted by molar-refractivity contribution is 0.0949. The molecule has 142 valence electrons. The molecule has 1 atom stereocenters. The van der Waals surface area contributed by atoms with E-state index in [0.29, 0.717) is 24.8 Å². The van der Waals surface area contributed by atoms with Gasteiger partial charge in [-0.2, -0.15) is 0 Å². The largest absolute Gasteiger partial charge is 0.354 e. The third-order valence-corrected chi connectivity index (χ3v) is 5.07. The molecule has 0 saturated carbocycles. The highest BCUT2D eigenvalue weighted by molar-refractivity contribution is 5.91. The molecular formula is C18H29N7O. The predicted molar refractivity (Wildman–Crippen MR) is 101 cm³/mol. The van der Waals surface area contributed by atoms with Gasteiger partial charge in [0.1, 0.15) is 5.69 Å². The molecular weight excluding hydrogens is 330 g/mol. The molecule has 3 heterocycles. The SMILES string of the molecule is CN=C(NCCNC(=O)c1cnccn1)N1CCC(N2CCCCC2)C1. The summed E-state index contributed by atoms with van der Waals surface area (Å²) in [7, 11) is 1.81. The van der Waals surface area contributed by atoms with Crippen molar-refractivity contribution in [3.63, 3.8) is 0 Å². The average Bonchev–Trinajstić information content (AvgIpc) is 3.19. The third-order valence-electron chi connectivity index (χ3n) is 5.07. The molecule has 3 rings (SSSR count). The first-order valence-corrected chi connectivity index (χ1v) is 9.52. The maximum Gasteiger partial charge on any atom is 0.271 e. The van der Waals surface area contributed by atoms with E-state index in [0.717, 1.165) is 19.0 Å². The normalized spacial score (nSPS) is 21.7. The zero-order chi connectivity index (χ0) is 18.2. The average molecular weight is 359 g/mol. The van der Waals surface area contributed by atoms with E-state index in [-0.39, 0.29) is 5.91 Å². The summed E-state index contributed by atoms with van der Waals surface area (Å²) in [5.74, 6) is 0.708. The summed E-state index contributed by atoms with van der Waals surface area (Å²) >= 11 is 0. The van der Waals surface area contributed by atoms with E-state index in [1.165, 1.54) is 51.2 Å². The highest BCUT2D eigenvalue weighted by Crippen LogP contribution is 2.20. The summed E-state index contributed by atoms with van der Waals surface area (Å²) in [5, 5.41) is 6.19. The molecule has 0 radical (unpaired) electrons. The lowest BCUT2D eigenvalue weighted by Crippen LogP contribution is -2.46. The molecule has 8 heteroatoms. The first-order valence-electron chi connectivity index (χ1n) is 9.52. The number of aromatic nitrogens is 2. The Kier molecular flexibility index (Phi) is 6.76. The Balaban J connectivity index is 1.39. The number of nitrogens with one attached hydrogen (secondary N) is 2. The fourth-order valence-electron chi connectivity index (χ4n) is 3.71. The molecule has 2 fully saturated rings. The molecule has 2 aliphatic heterocycles. The Morgan fingerprint density at radius 2 is 2.00 bits per heavy atom. The maximum atomic E-state index is 11.9. The van der Waals surface area contributed by atoms with Crippen molar-refractivity contribution in [3.05, 3.63) is 24.3 Å². The molecule has 0 aliphatic carbocycles. The van der Waals surface area contributed by atoms with Gasteiger partial charge in [0.05, 0.1) is 6.20 Å². The molecule has 0 aromatic carbocycles. The number of carbonyl (C=O) groups is 1. The highest BCUT2D eigenvalue weighted by Gasteiger charge is 2.29. The van der Waals surface area contributed by atoms with Crippen LogP contribution in [0.1, 0.15) is 36.2 Å². The number of rotatable bonds is 5. The second-order valence-electron chi connectivity index (χ2n) is 6.81. The van der Waals surface area contributed by atoms with Crippen LogP contribution in [0.25, 0.3) is 0 Å². The van der Waals surface area contributed by atoms with Crippen LogP contribution in [0, 0.1) is 0 Å². The molecule has 1 aromatic rings. The summed E-state index contributed by atoms with van der Waals surface area (Å²) in [6, 6.07) is 0.644. The number of carbonyl (C=O) groups excluding carboxylic acids is 1. The van der Waals surface area contributed by atoms with Crippen molar-refractivity contribution in [2.24, 2.45) is 4.99 Å². The molecule has 0 bridgehead atoms. The summed E-state index contributed by atoms with van der Waals surface area (Å²) < 4.78 is 0. The minimum absolute atomic E-state index is 0.207. The quantitative estimate of drug-likeness (QED) is 0.448. The van der Waals surface area contributed by atoms with Crippen LogP contribution >= 0.6 is 0 Å². The van der Waals surface area contributed by atoms with Gasteiger partial charge in [0.2, 0.25) is 0 Å². The second-order valence-corrected chi connectivity index (χ2v) is 6.81. The van der Waals surface area contributed by atoms with Crippen molar-refractivity contribution in [2.75, 3.05) is 46.3 Å². The monoisotopic (exact) mass is 359 g/mol. The number of hydrogen-bond donors (Lipinski definition) is 2. The minimum atomic E-state index is -0.207. The number of aliphatic imine (C=N–C) groups is 1. The van der Waals surface area contributed by atoms with E-state index in [1.807, 2.05) is 7.05 Å². The number of piperidine rings is 1. The Hall–Kier alpha value is -2.22. The van der Waals surface area contributed by atoms with Crippen molar-refractivity contribution >= 4 is 11.9 Å². The van der Waals surface area contributed by atoms with Gasteiger partial charge in [-0.3, -0.25) is 19.7 Å². The van der Waals surface area contributed by atoms with Gasteiger partial charge in [-0.25, -0.2) is 4.98 Å². The van der Waals surface area contributed by atoms with Crippen molar-refractivity contribution in [1.29, 1.82) is 0 Å². The summed E-state index contributed by atoms with van der Waals surface area (Å²) in [6.07, 6.45) is 9.76. The number of amides is 1. The van der Waals surface area contributed by atoms with Gasteiger partial charge in [-0.15, -0.1) is 0 Å². The van der Waals surface area contributed by atoms with E-state index in [1.54, 1.807) is 6.20 Å². The van der Waals surface area contributed by atoms with Crippen LogP contribution in [0.4, 0.5) is 0 Å². The highest BCUT2D eigenvalue weighted by atomic mass is 16.1. The van der Waals surface area contributed by atoms with Crippen LogP contribution in [0.3, 0.4) is 0 Å². The lowest BCUT2D eigenvalue weighted by Gasteiger charge is -2.32. The number of likely N-dealkylation sites (tertiary alicyclic amines) is 2. The summed E-state index contributed by atoms with van der Waals surface area (Å²) in [4.78, 5) is 29.2. The van der Waals surface area contributed by atoms with Gasteiger partial charge < -0.3 is 15.5 Å². The number of nitrogens with zero attached hydrogens (tertiary/aromatic N) is 5. The van der Waals surface area contributed by atoms with Crippen molar-refractivity contribution in [2.45, 2.75) is 31.7 Å². The Morgan fingerprint density at radius 1 is 1.19 bits per heavy atom. The Morgan fingerprint density at radius 3 is 2.73 bits per heavy atom. The molecule has 2 saturated heterocycles. The smallest absolute Gasteiger partial charge is 0.271 e. The van der Waals surface area contributed by atoms with Crippen LogP contribution in [0.5, 0.6) is 0 Å². The van der Waals surface area contributed by atoms with Gasteiger partial charge in [0.15, 0.2) is 5.96 Å². The first-order chi connectivity index (χ1) is 12.8. The molecule has 2 N–H and O–H groups in total. The van der Waals surface area contributed by atoms with E-state index >= 15 is 0 Å². The standard InChI is InChI=1S/C18H29N7O/c1-19-18(23-9-8-22-17(26)16-13-20-6-7-21-16)25-12-5-15(14-25)24-10-3-2-4-11-24/h6-7,13,15H,2-5,8-12,14H2,1H3,(H,19,23)(H,22,26). The lowest BCUT2D eigenvalue weighted by atomic mass is 10.1. The number of guanidine groups is 1. The molecule has 1 aromatic heterocycles. The van der Waals surface area contributed by atoms with Gasteiger partial charge in [-0.1, -0.05) is 6.42 Å². The van der Waals surface area contributed by atoms with Crippen LogP contribution in [-0.4, -0.2) is 84.0 Å². The van der Waals surface area contributed by atoms with Crippen molar-refractivity contribution < 1.29 is 4.79 Å². The fraction of sp³-hybridized carbons (Fsp3) is 0.667. The molecule has 8 nitrogen and oxygen atoms in total. The topological polar surface area (TPSA) is 85.7 Å². The third kappa shape index (κ3) is 4.91. The minimum Gasteiger partial charge on any atom is -0.354 e. The summed E-state index contributed by atoms with van der Waals surface area (Å²) in [6.45, 7) is 5.68. The van der Waals surface area contributed by atoms with Crippen LogP contribution in [0.2, 0.25) is 0 Å². The molecule has 0 spiro atoms. The zero-order valence-electron chi connectivity index (χ0n) is 15.5. The first kappa shape index (κ1) is 18.6. The Labute approximate surface area is 155 Å².